The maximum atomic E-state index is 10.3. The molecule has 0 aliphatic rings. The second-order valence-electron chi connectivity index (χ2n) is 1.11. The van der Waals surface area contributed by atoms with Crippen molar-refractivity contribution in [2.24, 2.45) is 0 Å². The van der Waals surface area contributed by atoms with Crippen molar-refractivity contribution in [2.45, 2.75) is 0 Å². The first-order valence-corrected chi connectivity index (χ1v) is 4.16. The third-order valence-electron chi connectivity index (χ3n) is 0.406. The Bertz CT molecular complexity index is 171. The van der Waals surface area contributed by atoms with E-state index in [1.807, 2.05) is 0 Å². The summed E-state index contributed by atoms with van der Waals surface area (Å²) in [6, 6.07) is 0. The first-order valence-electron chi connectivity index (χ1n) is 1.85. The number of methoxy groups -OCH3 is 1. The average Bonchev–Trinajstić information content (AvgIpc) is 1.64. The van der Waals surface area contributed by atoms with Crippen LogP contribution in [0.25, 0.3) is 0 Å². The number of rotatable bonds is 4. The fourth-order valence-corrected chi connectivity index (χ4v) is 1.04. The summed E-state index contributed by atoms with van der Waals surface area (Å²) in [6.45, 7) is 0. The molecule has 0 aliphatic heterocycles. The molecule has 0 heterocycles. The lowest BCUT2D eigenvalue weighted by Gasteiger charge is -1.93. The highest BCUT2D eigenvalue weighted by Crippen LogP contribution is 2.03. The van der Waals surface area contributed by atoms with E-state index in [0.29, 0.717) is 0 Å². The third kappa shape index (κ3) is 4.47. The van der Waals surface area contributed by atoms with Crippen LogP contribution in [0.1, 0.15) is 0 Å². The van der Waals surface area contributed by atoms with Crippen molar-refractivity contribution in [1.82, 2.24) is 0 Å². The maximum Gasteiger partial charge on any atom is 0.343 e. The van der Waals surface area contributed by atoms with E-state index in [0.717, 1.165) is 0 Å². The molecule has 54 valence electrons. The summed E-state index contributed by atoms with van der Waals surface area (Å²) in [6.07, 6.45) is 0. The predicted molar refractivity (Wildman–Crippen MR) is 29.5 cm³/mol. The second-order valence-corrected chi connectivity index (χ2v) is 3.21. The summed E-state index contributed by atoms with van der Waals surface area (Å²) in [5.41, 5.74) is 0. The van der Waals surface area contributed by atoms with Crippen molar-refractivity contribution < 1.29 is 21.7 Å². The molecule has 0 amide bonds. The maximum absolute atomic E-state index is 10.3. The van der Waals surface area contributed by atoms with E-state index >= 15 is 0 Å². The van der Waals surface area contributed by atoms with Crippen LogP contribution in [-0.4, -0.2) is 21.5 Å². The fraction of sp³-hybridized carbons (Fsp3) is 1.00. The van der Waals surface area contributed by atoms with Gasteiger partial charge in [-0.05, 0) is 0 Å². The van der Waals surface area contributed by atoms with Gasteiger partial charge in [0.25, 0.3) is 0 Å². The molecule has 0 aliphatic carbocycles. The van der Waals surface area contributed by atoms with Crippen molar-refractivity contribution in [1.29, 1.82) is 0 Å². The molecule has 7 heteroatoms. The molecule has 0 aromatic carbocycles. The zero-order valence-corrected chi connectivity index (χ0v) is 6.31. The Morgan fingerprint density at radius 2 is 2.11 bits per heavy atom. The standard InChI is InChI=1S/C2H5O5PS/c1-6-2-9(4,5)7-8-3/h2H2,1H3. The molecule has 9 heavy (non-hydrogen) atoms. The second kappa shape index (κ2) is 3.90. The molecule has 0 N–H and O–H groups in total. The van der Waals surface area contributed by atoms with Gasteiger partial charge in [0.05, 0.1) is 0 Å². The Labute approximate surface area is 54.4 Å². The van der Waals surface area contributed by atoms with Crippen LogP contribution in [0.4, 0.5) is 0 Å². The van der Waals surface area contributed by atoms with Gasteiger partial charge < -0.3 is 4.74 Å². The zero-order chi connectivity index (χ0) is 7.33. The minimum atomic E-state index is -3.73. The van der Waals surface area contributed by atoms with Crippen molar-refractivity contribution in [3.05, 3.63) is 0 Å². The van der Waals surface area contributed by atoms with Crippen molar-refractivity contribution >= 4 is 18.8 Å². The molecule has 0 saturated heterocycles. The van der Waals surface area contributed by atoms with Gasteiger partial charge in [0.2, 0.25) is 0 Å². The third-order valence-corrected chi connectivity index (χ3v) is 2.08. The lowest BCUT2D eigenvalue weighted by molar-refractivity contribution is 0.242. The van der Waals surface area contributed by atoms with Crippen LogP contribution < -0.4 is 0 Å². The van der Waals surface area contributed by atoms with Crippen molar-refractivity contribution in [2.75, 3.05) is 13.0 Å². The molecule has 0 atom stereocenters. The van der Waals surface area contributed by atoms with Gasteiger partial charge in [-0.15, -0.1) is 0 Å². The van der Waals surface area contributed by atoms with Crippen LogP contribution in [0.2, 0.25) is 0 Å². The Kier molecular flexibility index (Phi) is 3.88. The number of ether oxygens (including phenoxy) is 1. The molecule has 0 rings (SSSR count). The Morgan fingerprint density at radius 3 is 2.44 bits per heavy atom. The summed E-state index contributed by atoms with van der Waals surface area (Å²) in [4.78, 5) is 0. The molecular formula is C2H5O5PS. The zero-order valence-electron chi connectivity index (χ0n) is 4.60. The van der Waals surface area contributed by atoms with E-state index in [-0.39, 0.29) is 0 Å². The largest absolute Gasteiger partial charge is 0.366 e. The van der Waals surface area contributed by atoms with E-state index in [4.69, 9.17) is 0 Å². The summed E-state index contributed by atoms with van der Waals surface area (Å²) in [7, 11) is -3.42. The molecule has 0 unspecified atom stereocenters. The molecule has 0 fully saturated rings. The summed E-state index contributed by atoms with van der Waals surface area (Å²) in [5.74, 6) is -0.581. The van der Waals surface area contributed by atoms with E-state index < -0.39 is 24.7 Å². The van der Waals surface area contributed by atoms with Crippen LogP contribution in [0.15, 0.2) is 0 Å². The monoisotopic (exact) mass is 172 g/mol. The van der Waals surface area contributed by atoms with Crippen molar-refractivity contribution in [3.8, 4) is 0 Å². The molecule has 0 saturated carbocycles. The number of hydrogen-bond donors (Lipinski definition) is 0. The molecule has 0 spiro atoms. The van der Waals surface area contributed by atoms with Gasteiger partial charge in [-0.1, -0.05) is 0 Å². The Morgan fingerprint density at radius 1 is 1.56 bits per heavy atom. The number of hydrogen-bond acceptors (Lipinski definition) is 5. The van der Waals surface area contributed by atoms with Gasteiger partial charge in [-0.25, -0.2) is 4.57 Å². The van der Waals surface area contributed by atoms with Gasteiger partial charge in [0.1, 0.15) is 0 Å². The molecule has 0 bridgehead atoms. The first-order chi connectivity index (χ1) is 4.12. The highest BCUT2D eigenvalue weighted by molar-refractivity contribution is 7.88. The van der Waals surface area contributed by atoms with Crippen LogP contribution in [0.5, 0.6) is 0 Å². The lowest BCUT2D eigenvalue weighted by Crippen LogP contribution is -2.06. The fourth-order valence-electron chi connectivity index (χ4n) is 0.212. The molecule has 0 aromatic heterocycles. The van der Waals surface area contributed by atoms with Crippen molar-refractivity contribution in [3.63, 3.8) is 0 Å². The first kappa shape index (κ1) is 8.97. The Balaban J connectivity index is 3.88. The van der Waals surface area contributed by atoms with E-state index in [9.17, 15) is 13.0 Å². The van der Waals surface area contributed by atoms with Gasteiger partial charge in [0, 0.05) is 7.11 Å². The van der Waals surface area contributed by atoms with Crippen LogP contribution in [0, 0.1) is 0 Å². The van der Waals surface area contributed by atoms with Gasteiger partial charge in [-0.3, -0.25) is 0 Å². The van der Waals surface area contributed by atoms with Crippen LogP contribution in [0.3, 0.4) is 0 Å². The summed E-state index contributed by atoms with van der Waals surface area (Å²) >= 11 is 0. The predicted octanol–water partition coefficient (Wildman–Crippen LogP) is 0.143. The minimum absolute atomic E-state index is 0.581. The molecule has 0 radical (unpaired) electrons. The highest BCUT2D eigenvalue weighted by atomic mass is 32.2. The molecular weight excluding hydrogens is 167 g/mol. The minimum Gasteiger partial charge on any atom is -0.366 e. The van der Waals surface area contributed by atoms with Gasteiger partial charge in [-0.2, -0.15) is 12.4 Å². The van der Waals surface area contributed by atoms with Gasteiger partial charge >= 0.3 is 18.8 Å². The van der Waals surface area contributed by atoms with E-state index in [2.05, 4.69) is 8.71 Å². The Hall–Kier alpha value is -0.0300. The topological polar surface area (TPSA) is 69.7 Å². The van der Waals surface area contributed by atoms with Crippen LogP contribution in [-0.2, 0) is 23.4 Å². The molecule has 5 nitrogen and oxygen atoms in total. The average molecular weight is 172 g/mol. The SMILES string of the molecule is COCS(=O)(=O)OP=O. The normalized spacial score (nSPS) is 12.1. The quantitative estimate of drug-likeness (QED) is 0.564. The van der Waals surface area contributed by atoms with E-state index in [1.165, 1.54) is 7.11 Å². The van der Waals surface area contributed by atoms with Crippen LogP contribution >= 0.6 is 8.69 Å². The van der Waals surface area contributed by atoms with Gasteiger partial charge in [0.15, 0.2) is 5.94 Å². The summed E-state index contributed by atoms with van der Waals surface area (Å²) in [5, 5.41) is 0. The van der Waals surface area contributed by atoms with E-state index in [1.54, 1.807) is 0 Å². The highest BCUT2D eigenvalue weighted by Gasteiger charge is 2.09. The lowest BCUT2D eigenvalue weighted by atomic mass is 11.5. The summed E-state index contributed by atoms with van der Waals surface area (Å²) < 4.78 is 38.0. The molecule has 0 aromatic rings. The smallest absolute Gasteiger partial charge is 0.343 e.